The Morgan fingerprint density at radius 1 is 1.33 bits per heavy atom. The van der Waals surface area contributed by atoms with Crippen LogP contribution in [0.3, 0.4) is 0 Å². The van der Waals surface area contributed by atoms with Crippen LogP contribution in [0.4, 0.5) is 0 Å². The van der Waals surface area contributed by atoms with E-state index in [9.17, 15) is 14.7 Å². The summed E-state index contributed by atoms with van der Waals surface area (Å²) in [6.07, 6.45) is 2.42. The Labute approximate surface area is 145 Å². The molecule has 1 aliphatic heterocycles. The second-order valence-corrected chi connectivity index (χ2v) is 9.68. The third-order valence-electron chi connectivity index (χ3n) is 5.43. The molecule has 1 N–H and O–H groups in total. The maximum absolute atomic E-state index is 12.9. The van der Waals surface area contributed by atoms with Crippen molar-refractivity contribution in [3.8, 4) is 0 Å². The molecule has 0 aromatic heterocycles. The summed E-state index contributed by atoms with van der Waals surface area (Å²) >= 11 is 0. The van der Waals surface area contributed by atoms with E-state index in [0.29, 0.717) is 19.3 Å². The van der Waals surface area contributed by atoms with Crippen molar-refractivity contribution in [3.05, 3.63) is 0 Å². The third kappa shape index (κ3) is 3.76. The first-order valence-electron chi connectivity index (χ1n) is 8.89. The van der Waals surface area contributed by atoms with E-state index in [2.05, 4.69) is 20.8 Å². The molecular weight excluding hydrogens is 308 g/mol. The van der Waals surface area contributed by atoms with E-state index in [0.717, 1.165) is 12.8 Å². The molecule has 1 saturated heterocycles. The summed E-state index contributed by atoms with van der Waals surface area (Å²) in [7, 11) is 0. The van der Waals surface area contributed by atoms with Crippen molar-refractivity contribution in [2.45, 2.75) is 85.4 Å². The fourth-order valence-corrected chi connectivity index (χ4v) is 3.97. The van der Waals surface area contributed by atoms with Crippen LogP contribution >= 0.6 is 0 Å². The second-order valence-electron chi connectivity index (χ2n) is 9.68. The highest BCUT2D eigenvalue weighted by atomic mass is 16.6. The van der Waals surface area contributed by atoms with Crippen molar-refractivity contribution in [3.63, 3.8) is 0 Å². The zero-order valence-corrected chi connectivity index (χ0v) is 15.9. The summed E-state index contributed by atoms with van der Waals surface area (Å²) in [6, 6.07) is 0. The van der Waals surface area contributed by atoms with Gasteiger partial charge in [0.1, 0.15) is 5.60 Å². The van der Waals surface area contributed by atoms with Gasteiger partial charge in [0.15, 0.2) is 6.10 Å². The minimum absolute atomic E-state index is 0.0552. The van der Waals surface area contributed by atoms with Crippen LogP contribution in [-0.4, -0.2) is 35.4 Å². The lowest BCUT2D eigenvalue weighted by Gasteiger charge is -2.29. The maximum atomic E-state index is 12.9. The first-order chi connectivity index (χ1) is 10.8. The van der Waals surface area contributed by atoms with Crippen LogP contribution in [0.15, 0.2) is 0 Å². The van der Waals surface area contributed by atoms with Gasteiger partial charge in [-0.05, 0) is 51.4 Å². The van der Waals surface area contributed by atoms with Gasteiger partial charge in [-0.2, -0.15) is 0 Å². The number of hydrogen-bond acceptors (Lipinski definition) is 5. The predicted octanol–water partition coefficient (Wildman–Crippen LogP) is 3.23. The number of ether oxygens (including phenoxy) is 2. The fourth-order valence-electron chi connectivity index (χ4n) is 3.97. The van der Waals surface area contributed by atoms with E-state index in [-0.39, 0.29) is 18.0 Å². The standard InChI is InChI=1S/C19H32O5/c1-16(2,3)10-19(11-18(19,6)12-20)15(22)23-13-8-7-9-17(4,5)24-14(13)21/h13,20H,7-12H2,1-6H3. The quantitative estimate of drug-likeness (QED) is 0.796. The zero-order chi connectivity index (χ0) is 18.4. The molecule has 0 bridgehead atoms. The summed E-state index contributed by atoms with van der Waals surface area (Å²) in [5, 5.41) is 9.72. The number of aliphatic hydroxyl groups excluding tert-OH is 1. The molecule has 3 unspecified atom stereocenters. The van der Waals surface area contributed by atoms with E-state index < -0.39 is 28.5 Å². The highest BCUT2D eigenvalue weighted by molar-refractivity contribution is 5.85. The highest BCUT2D eigenvalue weighted by Gasteiger charge is 2.70. The SMILES string of the molecule is CC(C)(C)CC1(C(=O)OC2CCCC(C)(C)OC2=O)CC1(C)CO. The molecule has 0 aromatic rings. The Kier molecular flexibility index (Phi) is 4.81. The minimum Gasteiger partial charge on any atom is -0.457 e. The number of carbonyl (C=O) groups excluding carboxylic acids is 2. The zero-order valence-electron chi connectivity index (χ0n) is 15.9. The van der Waals surface area contributed by atoms with Gasteiger partial charge in [0.25, 0.3) is 0 Å². The predicted molar refractivity (Wildman–Crippen MR) is 90.2 cm³/mol. The van der Waals surface area contributed by atoms with Gasteiger partial charge in [-0.15, -0.1) is 0 Å². The Bertz CT molecular complexity index is 518. The van der Waals surface area contributed by atoms with E-state index in [4.69, 9.17) is 9.47 Å². The summed E-state index contributed by atoms with van der Waals surface area (Å²) < 4.78 is 11.1. The van der Waals surface area contributed by atoms with E-state index in [1.807, 2.05) is 20.8 Å². The van der Waals surface area contributed by atoms with Crippen LogP contribution in [0.25, 0.3) is 0 Å². The number of aliphatic hydroxyl groups is 1. The lowest BCUT2D eigenvalue weighted by molar-refractivity contribution is -0.178. The Morgan fingerprint density at radius 3 is 2.46 bits per heavy atom. The molecule has 0 aromatic carbocycles. The normalized spacial score (nSPS) is 35.8. The maximum Gasteiger partial charge on any atom is 0.347 e. The van der Waals surface area contributed by atoms with Crippen molar-refractivity contribution in [2.75, 3.05) is 6.61 Å². The molecule has 138 valence electrons. The summed E-state index contributed by atoms with van der Waals surface area (Å²) in [6.45, 7) is 11.8. The largest absolute Gasteiger partial charge is 0.457 e. The van der Waals surface area contributed by atoms with Crippen molar-refractivity contribution in [1.29, 1.82) is 0 Å². The molecule has 2 aliphatic rings. The van der Waals surface area contributed by atoms with Gasteiger partial charge in [0, 0.05) is 12.0 Å². The number of carbonyl (C=O) groups is 2. The highest BCUT2D eigenvalue weighted by Crippen LogP contribution is 2.68. The van der Waals surface area contributed by atoms with Gasteiger partial charge >= 0.3 is 11.9 Å². The summed E-state index contributed by atoms with van der Waals surface area (Å²) in [5.74, 6) is -0.821. The number of hydrogen-bond donors (Lipinski definition) is 1. The summed E-state index contributed by atoms with van der Waals surface area (Å²) in [5.41, 5.74) is -1.76. The van der Waals surface area contributed by atoms with Crippen LogP contribution < -0.4 is 0 Å². The van der Waals surface area contributed by atoms with Gasteiger partial charge in [-0.3, -0.25) is 4.79 Å². The van der Waals surface area contributed by atoms with Crippen LogP contribution in [-0.2, 0) is 19.1 Å². The Balaban J connectivity index is 2.13. The summed E-state index contributed by atoms with van der Waals surface area (Å²) in [4.78, 5) is 25.2. The van der Waals surface area contributed by atoms with Crippen molar-refractivity contribution in [1.82, 2.24) is 0 Å². The van der Waals surface area contributed by atoms with Crippen LogP contribution in [0.5, 0.6) is 0 Å². The van der Waals surface area contributed by atoms with E-state index in [1.54, 1.807) is 0 Å². The number of cyclic esters (lactones) is 1. The Morgan fingerprint density at radius 2 is 1.96 bits per heavy atom. The lowest BCUT2D eigenvalue weighted by atomic mass is 9.78. The molecule has 3 atom stereocenters. The third-order valence-corrected chi connectivity index (χ3v) is 5.43. The van der Waals surface area contributed by atoms with Crippen molar-refractivity contribution >= 4 is 11.9 Å². The average Bonchev–Trinajstić information content (AvgIpc) is 3.03. The van der Waals surface area contributed by atoms with E-state index >= 15 is 0 Å². The first-order valence-corrected chi connectivity index (χ1v) is 8.89. The second kappa shape index (κ2) is 6.01. The minimum atomic E-state index is -0.834. The van der Waals surface area contributed by atoms with E-state index in [1.165, 1.54) is 0 Å². The van der Waals surface area contributed by atoms with Gasteiger partial charge in [0.05, 0.1) is 5.41 Å². The van der Waals surface area contributed by atoms with Crippen LogP contribution in [0.1, 0.15) is 73.6 Å². The van der Waals surface area contributed by atoms with Gasteiger partial charge in [0.2, 0.25) is 0 Å². The van der Waals surface area contributed by atoms with Gasteiger partial charge in [-0.1, -0.05) is 27.7 Å². The monoisotopic (exact) mass is 340 g/mol. The number of rotatable bonds is 4. The molecule has 1 heterocycles. The average molecular weight is 340 g/mol. The van der Waals surface area contributed by atoms with Crippen LogP contribution in [0, 0.1) is 16.2 Å². The molecule has 1 aliphatic carbocycles. The topological polar surface area (TPSA) is 72.8 Å². The lowest BCUT2D eigenvalue weighted by Crippen LogP contribution is -2.37. The molecule has 24 heavy (non-hydrogen) atoms. The molecule has 5 nitrogen and oxygen atoms in total. The molecule has 0 spiro atoms. The molecule has 1 saturated carbocycles. The molecular formula is C19H32O5. The molecule has 5 heteroatoms. The first kappa shape index (κ1) is 19.2. The molecule has 0 radical (unpaired) electrons. The Hall–Kier alpha value is -1.10. The molecule has 2 fully saturated rings. The van der Waals surface area contributed by atoms with Crippen LogP contribution in [0.2, 0.25) is 0 Å². The van der Waals surface area contributed by atoms with Gasteiger partial charge < -0.3 is 14.6 Å². The number of esters is 2. The molecule has 0 amide bonds. The fraction of sp³-hybridized carbons (Fsp3) is 0.895. The van der Waals surface area contributed by atoms with Crippen molar-refractivity contribution in [2.24, 2.45) is 16.2 Å². The molecule has 2 rings (SSSR count). The smallest absolute Gasteiger partial charge is 0.347 e. The van der Waals surface area contributed by atoms with Gasteiger partial charge in [-0.25, -0.2) is 4.79 Å². The van der Waals surface area contributed by atoms with Crippen molar-refractivity contribution < 1.29 is 24.2 Å².